The zero-order valence-electron chi connectivity index (χ0n) is 17.0. The van der Waals surface area contributed by atoms with Gasteiger partial charge in [-0.3, -0.25) is 0 Å². The van der Waals surface area contributed by atoms with Crippen LogP contribution in [-0.2, 0) is 6.42 Å². The van der Waals surface area contributed by atoms with Crippen LogP contribution in [0, 0.1) is 5.92 Å². The van der Waals surface area contributed by atoms with Gasteiger partial charge in [-0.2, -0.15) is 0 Å². The van der Waals surface area contributed by atoms with Gasteiger partial charge in [-0.25, -0.2) is 15.0 Å². The van der Waals surface area contributed by atoms with Crippen LogP contribution in [0.4, 0.5) is 0 Å². The molecule has 28 heavy (non-hydrogen) atoms. The number of hydrogen-bond acceptors (Lipinski definition) is 6. The third-order valence-electron chi connectivity index (χ3n) is 5.96. The Morgan fingerprint density at radius 3 is 2.54 bits per heavy atom. The Balaban J connectivity index is 1.70. The summed E-state index contributed by atoms with van der Waals surface area (Å²) in [5.41, 5.74) is 2.18. The van der Waals surface area contributed by atoms with Gasteiger partial charge in [0.25, 0.3) is 0 Å². The zero-order valence-corrected chi connectivity index (χ0v) is 17.0. The molecule has 2 aromatic rings. The second kappa shape index (κ2) is 8.70. The van der Waals surface area contributed by atoms with Gasteiger partial charge in [0.05, 0.1) is 17.0 Å². The highest BCUT2D eigenvalue weighted by Crippen LogP contribution is 2.37. The number of nitrogens with zero attached hydrogens (tertiary/aromatic N) is 3. The fourth-order valence-electron chi connectivity index (χ4n) is 4.37. The maximum atomic E-state index is 9.89. The molecule has 1 aliphatic carbocycles. The van der Waals surface area contributed by atoms with Crippen molar-refractivity contribution in [3.05, 3.63) is 23.8 Å². The molecule has 3 heterocycles. The van der Waals surface area contributed by atoms with E-state index >= 15 is 0 Å². The van der Waals surface area contributed by atoms with E-state index < -0.39 is 0 Å². The van der Waals surface area contributed by atoms with Crippen molar-refractivity contribution in [3.63, 3.8) is 0 Å². The Morgan fingerprint density at radius 1 is 1.07 bits per heavy atom. The van der Waals surface area contributed by atoms with Crippen LogP contribution < -0.4 is 10.1 Å². The molecule has 0 amide bonds. The van der Waals surface area contributed by atoms with Crippen LogP contribution in [0.15, 0.2) is 12.4 Å². The molecule has 6 heteroatoms. The third-order valence-corrected chi connectivity index (χ3v) is 5.96. The first-order valence-electron chi connectivity index (χ1n) is 10.8. The molecule has 1 aliphatic heterocycles. The van der Waals surface area contributed by atoms with E-state index in [0.29, 0.717) is 17.7 Å². The molecule has 2 aliphatic rings. The van der Waals surface area contributed by atoms with Crippen LogP contribution in [0.2, 0.25) is 0 Å². The highest BCUT2D eigenvalue weighted by molar-refractivity contribution is 5.85. The van der Waals surface area contributed by atoms with Gasteiger partial charge in [0, 0.05) is 24.4 Å². The van der Waals surface area contributed by atoms with E-state index in [9.17, 15) is 5.11 Å². The summed E-state index contributed by atoms with van der Waals surface area (Å²) >= 11 is 0. The van der Waals surface area contributed by atoms with E-state index in [1.807, 2.05) is 12.4 Å². The molecule has 0 unspecified atom stereocenters. The summed E-state index contributed by atoms with van der Waals surface area (Å²) in [5, 5.41) is 14.2. The van der Waals surface area contributed by atoms with Crippen LogP contribution in [0.1, 0.15) is 69.7 Å². The number of aliphatic hydroxyl groups excluding tert-OH is 1. The van der Waals surface area contributed by atoms with E-state index in [1.54, 1.807) is 0 Å². The molecule has 2 aromatic heterocycles. The van der Waals surface area contributed by atoms with E-state index in [0.717, 1.165) is 74.8 Å². The lowest BCUT2D eigenvalue weighted by Gasteiger charge is -2.27. The molecule has 0 aromatic carbocycles. The highest BCUT2D eigenvalue weighted by Gasteiger charge is 2.25. The predicted octanol–water partition coefficient (Wildman–Crippen LogP) is 3.37. The summed E-state index contributed by atoms with van der Waals surface area (Å²) in [6.07, 6.45) is 10.4. The number of hydrogen-bond donors (Lipinski definition) is 2. The Bertz CT molecular complexity index is 796. The quantitative estimate of drug-likeness (QED) is 0.823. The van der Waals surface area contributed by atoms with Crippen molar-refractivity contribution in [2.75, 3.05) is 13.1 Å². The van der Waals surface area contributed by atoms with E-state index in [4.69, 9.17) is 14.7 Å². The summed E-state index contributed by atoms with van der Waals surface area (Å²) in [4.78, 5) is 14.3. The molecule has 0 bridgehead atoms. The molecule has 1 saturated carbocycles. The second-order valence-corrected chi connectivity index (χ2v) is 8.74. The number of nitrogens with one attached hydrogen (secondary N) is 1. The maximum absolute atomic E-state index is 9.89. The number of aliphatic hydroxyl groups is 1. The fourth-order valence-corrected chi connectivity index (χ4v) is 4.37. The van der Waals surface area contributed by atoms with Crippen molar-refractivity contribution in [2.45, 2.75) is 76.9 Å². The molecule has 0 atom stereocenters. The number of pyridine rings is 1. The van der Waals surface area contributed by atoms with Gasteiger partial charge < -0.3 is 15.2 Å². The van der Waals surface area contributed by atoms with Crippen molar-refractivity contribution in [1.29, 1.82) is 0 Å². The average Bonchev–Trinajstić information content (AvgIpc) is 2.69. The molecule has 152 valence electrons. The first kappa shape index (κ1) is 19.5. The fraction of sp³-hybridized carbons (Fsp3) is 0.682. The minimum atomic E-state index is -0.163. The molecular formula is C22H32N4O2. The van der Waals surface area contributed by atoms with Crippen LogP contribution in [-0.4, -0.2) is 45.4 Å². The van der Waals surface area contributed by atoms with Crippen molar-refractivity contribution in [3.8, 4) is 5.88 Å². The molecular weight excluding hydrogens is 352 g/mol. The minimum absolute atomic E-state index is 0.163. The number of aromatic nitrogens is 3. The van der Waals surface area contributed by atoms with Crippen molar-refractivity contribution >= 4 is 10.9 Å². The van der Waals surface area contributed by atoms with Gasteiger partial charge >= 0.3 is 0 Å². The lowest BCUT2D eigenvalue weighted by molar-refractivity contribution is 0.122. The Labute approximate surface area is 167 Å². The number of fused-ring (bicyclic) bond motifs is 1. The Hall–Kier alpha value is -1.79. The summed E-state index contributed by atoms with van der Waals surface area (Å²) in [6, 6.07) is 0. The van der Waals surface area contributed by atoms with E-state index in [2.05, 4.69) is 24.1 Å². The lowest BCUT2D eigenvalue weighted by atomic mass is 9.82. The molecule has 6 nitrogen and oxygen atoms in total. The Kier molecular flexibility index (Phi) is 6.07. The SMILES string of the molecule is CC(C)Cc1ncc2c(OC3CCNCC3)ncc(C3CCC(O)CC3)c2n1. The molecule has 2 N–H and O–H groups in total. The van der Waals surface area contributed by atoms with Gasteiger partial charge in [0.2, 0.25) is 5.88 Å². The van der Waals surface area contributed by atoms with Crippen LogP contribution >= 0.6 is 0 Å². The first-order valence-corrected chi connectivity index (χ1v) is 10.8. The number of piperidine rings is 1. The topological polar surface area (TPSA) is 80.2 Å². The third kappa shape index (κ3) is 4.44. The lowest BCUT2D eigenvalue weighted by Crippen LogP contribution is -2.34. The molecule has 1 saturated heterocycles. The summed E-state index contributed by atoms with van der Waals surface area (Å²) < 4.78 is 6.28. The second-order valence-electron chi connectivity index (χ2n) is 8.74. The van der Waals surface area contributed by atoms with Crippen molar-refractivity contribution in [1.82, 2.24) is 20.3 Å². The highest BCUT2D eigenvalue weighted by atomic mass is 16.5. The normalized spacial score (nSPS) is 24.0. The molecule has 0 radical (unpaired) electrons. The minimum Gasteiger partial charge on any atom is -0.474 e. The molecule has 2 fully saturated rings. The molecule has 4 rings (SSSR count). The monoisotopic (exact) mass is 384 g/mol. The van der Waals surface area contributed by atoms with E-state index in [1.165, 1.54) is 5.56 Å². The van der Waals surface area contributed by atoms with Crippen molar-refractivity contribution in [2.24, 2.45) is 5.92 Å². The summed E-state index contributed by atoms with van der Waals surface area (Å²) in [6.45, 7) is 6.35. The van der Waals surface area contributed by atoms with Gasteiger partial charge in [0.15, 0.2) is 0 Å². The first-order chi connectivity index (χ1) is 13.6. The number of ether oxygens (including phenoxy) is 1. The largest absolute Gasteiger partial charge is 0.474 e. The van der Waals surface area contributed by atoms with Crippen molar-refractivity contribution < 1.29 is 9.84 Å². The van der Waals surface area contributed by atoms with Gasteiger partial charge in [-0.05, 0) is 63.5 Å². The maximum Gasteiger partial charge on any atom is 0.224 e. The van der Waals surface area contributed by atoms with E-state index in [-0.39, 0.29) is 12.2 Å². The van der Waals surface area contributed by atoms with Crippen LogP contribution in [0.5, 0.6) is 5.88 Å². The zero-order chi connectivity index (χ0) is 19.5. The van der Waals surface area contributed by atoms with Crippen LogP contribution in [0.25, 0.3) is 10.9 Å². The standard InChI is InChI=1S/C22H32N4O2/c1-14(2)11-20-24-13-19-21(26-20)18(15-3-5-16(27)6-4-15)12-25-22(19)28-17-7-9-23-10-8-17/h12-17,23,27H,3-11H2,1-2H3. The van der Waals surface area contributed by atoms with Gasteiger partial charge in [-0.15, -0.1) is 0 Å². The van der Waals surface area contributed by atoms with Crippen LogP contribution in [0.3, 0.4) is 0 Å². The number of rotatable bonds is 5. The molecule has 0 spiro atoms. The summed E-state index contributed by atoms with van der Waals surface area (Å²) in [5.74, 6) is 2.46. The predicted molar refractivity (Wildman–Crippen MR) is 110 cm³/mol. The summed E-state index contributed by atoms with van der Waals surface area (Å²) in [7, 11) is 0. The van der Waals surface area contributed by atoms with Gasteiger partial charge in [0.1, 0.15) is 11.9 Å². The van der Waals surface area contributed by atoms with Gasteiger partial charge in [-0.1, -0.05) is 13.8 Å². The Morgan fingerprint density at radius 2 is 1.82 bits per heavy atom. The average molecular weight is 385 g/mol. The smallest absolute Gasteiger partial charge is 0.224 e.